The van der Waals surface area contributed by atoms with Crippen LogP contribution in [0.15, 0.2) is 15.6 Å². The zero-order valence-electron chi connectivity index (χ0n) is 13.8. The van der Waals surface area contributed by atoms with E-state index in [0.717, 1.165) is 23.6 Å². The Labute approximate surface area is 132 Å². The van der Waals surface area contributed by atoms with Crippen molar-refractivity contribution in [3.05, 3.63) is 17.4 Å². The molecular formula is C15H24N2O4S. The van der Waals surface area contributed by atoms with E-state index < -0.39 is 10.0 Å². The highest BCUT2D eigenvalue weighted by Gasteiger charge is 2.33. The van der Waals surface area contributed by atoms with Crippen molar-refractivity contribution >= 4 is 15.9 Å². The van der Waals surface area contributed by atoms with Crippen molar-refractivity contribution in [1.82, 2.24) is 9.21 Å². The molecule has 0 saturated carbocycles. The van der Waals surface area contributed by atoms with Gasteiger partial charge in [-0.2, -0.15) is 0 Å². The normalized spacial score (nSPS) is 23.1. The SMILES string of the molecule is Cc1oc(S(=O)(=O)N(C)C)cc1C(=O)N1[C@H](C)CCC[C@@H]1C. The van der Waals surface area contributed by atoms with Gasteiger partial charge in [-0.3, -0.25) is 4.79 Å². The largest absolute Gasteiger partial charge is 0.448 e. The molecule has 1 aromatic rings. The molecule has 2 atom stereocenters. The molecular weight excluding hydrogens is 304 g/mol. The number of likely N-dealkylation sites (tertiary alicyclic amines) is 1. The van der Waals surface area contributed by atoms with Gasteiger partial charge in [0.1, 0.15) is 5.76 Å². The van der Waals surface area contributed by atoms with Crippen LogP contribution in [0.1, 0.15) is 49.2 Å². The minimum absolute atomic E-state index is 0.152. The molecule has 1 saturated heterocycles. The van der Waals surface area contributed by atoms with E-state index in [0.29, 0.717) is 11.3 Å². The van der Waals surface area contributed by atoms with Gasteiger partial charge in [-0.25, -0.2) is 12.7 Å². The van der Waals surface area contributed by atoms with E-state index in [1.165, 1.54) is 20.2 Å². The quantitative estimate of drug-likeness (QED) is 0.853. The van der Waals surface area contributed by atoms with Gasteiger partial charge in [0.05, 0.1) is 5.56 Å². The van der Waals surface area contributed by atoms with Gasteiger partial charge in [0.2, 0.25) is 5.09 Å². The summed E-state index contributed by atoms with van der Waals surface area (Å²) in [4.78, 5) is 14.6. The first-order valence-corrected chi connectivity index (χ1v) is 8.96. The molecule has 1 fully saturated rings. The van der Waals surface area contributed by atoms with Crippen molar-refractivity contribution in [1.29, 1.82) is 0 Å². The number of aryl methyl sites for hydroxylation is 1. The van der Waals surface area contributed by atoms with E-state index in [9.17, 15) is 13.2 Å². The number of furan rings is 1. The zero-order valence-corrected chi connectivity index (χ0v) is 14.6. The van der Waals surface area contributed by atoms with Gasteiger partial charge in [-0.15, -0.1) is 0 Å². The average molecular weight is 328 g/mol. The molecule has 2 heterocycles. The number of sulfonamides is 1. The second kappa shape index (κ2) is 6.04. The summed E-state index contributed by atoms with van der Waals surface area (Å²) in [6, 6.07) is 1.65. The van der Waals surface area contributed by atoms with Crippen LogP contribution in [0.3, 0.4) is 0 Å². The Kier molecular flexibility index (Phi) is 4.67. The summed E-state index contributed by atoms with van der Waals surface area (Å²) in [6.45, 7) is 5.68. The summed E-state index contributed by atoms with van der Waals surface area (Å²) < 4.78 is 30.7. The lowest BCUT2D eigenvalue weighted by Crippen LogP contribution is -2.47. The van der Waals surface area contributed by atoms with Gasteiger partial charge in [-0.1, -0.05) is 0 Å². The first-order valence-electron chi connectivity index (χ1n) is 7.52. The molecule has 6 nitrogen and oxygen atoms in total. The Morgan fingerprint density at radius 3 is 2.32 bits per heavy atom. The number of piperidine rings is 1. The maximum absolute atomic E-state index is 12.8. The lowest BCUT2D eigenvalue weighted by Gasteiger charge is -2.39. The Bertz CT molecular complexity index is 653. The molecule has 1 aromatic heterocycles. The van der Waals surface area contributed by atoms with Crippen LogP contribution in [-0.4, -0.2) is 49.7 Å². The van der Waals surface area contributed by atoms with Gasteiger partial charge in [0.15, 0.2) is 0 Å². The van der Waals surface area contributed by atoms with Crippen LogP contribution >= 0.6 is 0 Å². The van der Waals surface area contributed by atoms with Crippen LogP contribution in [0.2, 0.25) is 0 Å². The van der Waals surface area contributed by atoms with Crippen molar-refractivity contribution in [3.8, 4) is 0 Å². The van der Waals surface area contributed by atoms with Gasteiger partial charge in [-0.05, 0) is 40.0 Å². The third-order valence-corrected chi connectivity index (χ3v) is 5.96. The highest BCUT2D eigenvalue weighted by molar-refractivity contribution is 7.88. The maximum atomic E-state index is 12.8. The monoisotopic (exact) mass is 328 g/mol. The summed E-state index contributed by atoms with van der Waals surface area (Å²) in [7, 11) is -0.806. The van der Waals surface area contributed by atoms with Crippen LogP contribution in [0.4, 0.5) is 0 Å². The second-order valence-electron chi connectivity index (χ2n) is 6.16. The van der Waals surface area contributed by atoms with Crippen molar-refractivity contribution in [2.45, 2.75) is 57.2 Å². The summed E-state index contributed by atoms with van der Waals surface area (Å²) in [6.07, 6.45) is 3.04. The minimum Gasteiger partial charge on any atom is -0.448 e. The average Bonchev–Trinajstić information content (AvgIpc) is 2.81. The fourth-order valence-electron chi connectivity index (χ4n) is 2.93. The molecule has 0 unspecified atom stereocenters. The molecule has 0 bridgehead atoms. The molecule has 0 aliphatic carbocycles. The number of carbonyl (C=O) groups is 1. The molecule has 22 heavy (non-hydrogen) atoms. The first-order chi connectivity index (χ1) is 10.2. The van der Waals surface area contributed by atoms with Crippen molar-refractivity contribution < 1.29 is 17.6 Å². The Morgan fingerprint density at radius 2 is 1.82 bits per heavy atom. The van der Waals surface area contributed by atoms with E-state index in [-0.39, 0.29) is 23.1 Å². The van der Waals surface area contributed by atoms with Gasteiger partial charge in [0.25, 0.3) is 15.9 Å². The third kappa shape index (κ3) is 2.92. The molecule has 0 spiro atoms. The van der Waals surface area contributed by atoms with Crippen molar-refractivity contribution in [2.75, 3.05) is 14.1 Å². The zero-order chi connectivity index (χ0) is 16.7. The fourth-order valence-corrected chi connectivity index (χ4v) is 3.79. The number of hydrogen-bond acceptors (Lipinski definition) is 4. The van der Waals surface area contributed by atoms with E-state index in [1.54, 1.807) is 6.92 Å². The van der Waals surface area contributed by atoms with Crippen LogP contribution in [0.5, 0.6) is 0 Å². The predicted molar refractivity (Wildman–Crippen MR) is 83.3 cm³/mol. The van der Waals surface area contributed by atoms with Crippen molar-refractivity contribution in [2.24, 2.45) is 0 Å². The standard InChI is InChI=1S/C15H24N2O4S/c1-10-7-6-8-11(2)17(10)15(18)13-9-14(21-12(13)3)22(19,20)16(4)5/h9-11H,6-8H2,1-5H3/t10-,11+. The van der Waals surface area contributed by atoms with Crippen LogP contribution in [0, 0.1) is 6.92 Å². The molecule has 0 N–H and O–H groups in total. The molecule has 1 aliphatic heterocycles. The molecule has 0 aromatic carbocycles. The first kappa shape index (κ1) is 17.0. The van der Waals surface area contributed by atoms with Crippen LogP contribution in [0.25, 0.3) is 0 Å². The molecule has 0 radical (unpaired) electrons. The maximum Gasteiger partial charge on any atom is 0.275 e. The van der Waals surface area contributed by atoms with Gasteiger partial charge >= 0.3 is 0 Å². The highest BCUT2D eigenvalue weighted by atomic mass is 32.2. The summed E-state index contributed by atoms with van der Waals surface area (Å²) in [5, 5.41) is -0.185. The molecule has 7 heteroatoms. The van der Waals surface area contributed by atoms with Crippen LogP contribution in [-0.2, 0) is 10.0 Å². The van der Waals surface area contributed by atoms with E-state index in [4.69, 9.17) is 4.42 Å². The second-order valence-corrected chi connectivity index (χ2v) is 8.25. The molecule has 2 rings (SSSR count). The Morgan fingerprint density at radius 1 is 1.27 bits per heavy atom. The van der Waals surface area contributed by atoms with E-state index in [1.807, 2.05) is 18.7 Å². The third-order valence-electron chi connectivity index (χ3n) is 4.29. The summed E-state index contributed by atoms with van der Waals surface area (Å²) in [5.74, 6) is 0.191. The predicted octanol–water partition coefficient (Wildman–Crippen LogP) is 2.24. The van der Waals surface area contributed by atoms with Crippen LogP contribution < -0.4 is 0 Å². The molecule has 124 valence electrons. The van der Waals surface area contributed by atoms with Gasteiger partial charge < -0.3 is 9.32 Å². The lowest BCUT2D eigenvalue weighted by molar-refractivity contribution is 0.0509. The number of rotatable bonds is 3. The fraction of sp³-hybridized carbons (Fsp3) is 0.667. The molecule has 1 amide bonds. The number of carbonyl (C=O) groups excluding carboxylic acids is 1. The molecule has 1 aliphatic rings. The summed E-state index contributed by atoms with van der Waals surface area (Å²) >= 11 is 0. The number of nitrogens with zero attached hydrogens (tertiary/aromatic N) is 2. The van der Waals surface area contributed by atoms with E-state index >= 15 is 0 Å². The Balaban J connectivity index is 2.37. The van der Waals surface area contributed by atoms with E-state index in [2.05, 4.69) is 0 Å². The minimum atomic E-state index is -3.67. The summed E-state index contributed by atoms with van der Waals surface area (Å²) in [5.41, 5.74) is 0.334. The highest BCUT2D eigenvalue weighted by Crippen LogP contribution is 2.28. The topological polar surface area (TPSA) is 70.8 Å². The van der Waals surface area contributed by atoms with Crippen molar-refractivity contribution in [3.63, 3.8) is 0 Å². The number of amides is 1. The lowest BCUT2D eigenvalue weighted by atomic mass is 9.96. The smallest absolute Gasteiger partial charge is 0.275 e. The van der Waals surface area contributed by atoms with Gasteiger partial charge in [0, 0.05) is 32.2 Å². The number of hydrogen-bond donors (Lipinski definition) is 0. The Hall–Kier alpha value is -1.34.